The minimum atomic E-state index is -3.78. The predicted octanol–water partition coefficient (Wildman–Crippen LogP) is 3.28. The first kappa shape index (κ1) is 19.9. The molecule has 0 spiro atoms. The lowest BCUT2D eigenvalue weighted by molar-refractivity contribution is -0.129. The molecule has 140 valence electrons. The molecule has 1 N–H and O–H groups in total. The molecule has 0 aliphatic carbocycles. The molecule has 0 aliphatic rings. The minimum Gasteiger partial charge on any atom is -0.345 e. The van der Waals surface area contributed by atoms with E-state index in [9.17, 15) is 17.6 Å². The first-order valence-corrected chi connectivity index (χ1v) is 9.77. The van der Waals surface area contributed by atoms with Gasteiger partial charge in [0.15, 0.2) is 0 Å². The summed E-state index contributed by atoms with van der Waals surface area (Å²) in [6, 6.07) is 11.2. The number of nitrogens with one attached hydrogen (secondary N) is 1. The summed E-state index contributed by atoms with van der Waals surface area (Å²) >= 11 is 0. The molecular formula is C19H23FN2O3S. The van der Waals surface area contributed by atoms with Gasteiger partial charge in [0.05, 0.1) is 11.3 Å². The Morgan fingerprint density at radius 3 is 2.19 bits per heavy atom. The third-order valence-corrected chi connectivity index (χ3v) is 5.15. The van der Waals surface area contributed by atoms with E-state index in [0.717, 1.165) is 17.7 Å². The molecule has 2 aromatic carbocycles. The normalized spacial score (nSPS) is 11.4. The van der Waals surface area contributed by atoms with E-state index >= 15 is 0 Å². The van der Waals surface area contributed by atoms with Crippen LogP contribution in [0.4, 0.5) is 10.1 Å². The summed E-state index contributed by atoms with van der Waals surface area (Å²) in [7, 11) is -2.01. The van der Waals surface area contributed by atoms with E-state index in [-0.39, 0.29) is 17.2 Å². The molecule has 2 aromatic rings. The molecule has 0 radical (unpaired) electrons. The lowest BCUT2D eigenvalue weighted by Gasteiger charge is -2.19. The van der Waals surface area contributed by atoms with Crippen LogP contribution >= 0.6 is 0 Å². The van der Waals surface area contributed by atoms with Crippen LogP contribution in [-0.2, 0) is 21.2 Å². The van der Waals surface area contributed by atoms with Crippen molar-refractivity contribution >= 4 is 21.6 Å². The number of halogens is 1. The Morgan fingerprint density at radius 1 is 1.08 bits per heavy atom. The lowest BCUT2D eigenvalue weighted by Crippen LogP contribution is -2.31. The van der Waals surface area contributed by atoms with Crippen LogP contribution in [-0.4, -0.2) is 32.8 Å². The first-order chi connectivity index (χ1) is 12.2. The van der Waals surface area contributed by atoms with Crippen molar-refractivity contribution in [2.45, 2.75) is 25.2 Å². The molecule has 0 aromatic heterocycles. The highest BCUT2D eigenvalue weighted by Gasteiger charge is 2.15. The smallest absolute Gasteiger partial charge is 0.261 e. The first-order valence-electron chi connectivity index (χ1n) is 8.28. The van der Waals surface area contributed by atoms with Gasteiger partial charge in [-0.2, -0.15) is 0 Å². The second kappa shape index (κ2) is 8.31. The summed E-state index contributed by atoms with van der Waals surface area (Å²) < 4.78 is 39.9. The van der Waals surface area contributed by atoms with Gasteiger partial charge in [-0.25, -0.2) is 12.8 Å². The van der Waals surface area contributed by atoms with Crippen LogP contribution in [0.3, 0.4) is 0 Å². The molecule has 5 nitrogen and oxygen atoms in total. The molecule has 0 unspecified atom stereocenters. The van der Waals surface area contributed by atoms with Gasteiger partial charge in [-0.15, -0.1) is 0 Å². The van der Waals surface area contributed by atoms with Crippen molar-refractivity contribution in [3.8, 4) is 0 Å². The molecule has 7 heteroatoms. The molecule has 0 atom stereocenters. The number of carbonyl (C=O) groups is 1. The second-order valence-electron chi connectivity index (χ2n) is 6.60. The monoisotopic (exact) mass is 378 g/mol. The van der Waals surface area contributed by atoms with Crippen molar-refractivity contribution in [1.29, 1.82) is 0 Å². The molecule has 0 bridgehead atoms. The number of likely N-dealkylation sites (N-methyl/N-ethyl adjacent to an activating group) is 1. The number of amides is 1. The van der Waals surface area contributed by atoms with Crippen LogP contribution in [0.15, 0.2) is 53.4 Å². The van der Waals surface area contributed by atoms with Gasteiger partial charge in [0.25, 0.3) is 10.0 Å². The largest absolute Gasteiger partial charge is 0.345 e. The summed E-state index contributed by atoms with van der Waals surface area (Å²) in [6.45, 7) is 4.78. The Morgan fingerprint density at radius 2 is 1.65 bits per heavy atom. The van der Waals surface area contributed by atoms with Gasteiger partial charge >= 0.3 is 0 Å². The fourth-order valence-electron chi connectivity index (χ4n) is 2.48. The second-order valence-corrected chi connectivity index (χ2v) is 8.28. The molecule has 0 saturated heterocycles. The average molecular weight is 378 g/mol. The Labute approximate surface area is 153 Å². The maximum atomic E-state index is 12.9. The zero-order valence-electron chi connectivity index (χ0n) is 15.1. The van der Waals surface area contributed by atoms with Crippen molar-refractivity contribution in [3.63, 3.8) is 0 Å². The fourth-order valence-corrected chi connectivity index (χ4v) is 3.54. The van der Waals surface area contributed by atoms with Gasteiger partial charge in [0.2, 0.25) is 5.91 Å². The van der Waals surface area contributed by atoms with Gasteiger partial charge in [-0.3, -0.25) is 9.52 Å². The van der Waals surface area contributed by atoms with Crippen molar-refractivity contribution in [3.05, 3.63) is 59.9 Å². The van der Waals surface area contributed by atoms with Crippen LogP contribution in [0.25, 0.3) is 0 Å². The van der Waals surface area contributed by atoms with Gasteiger partial charge in [-0.05, 0) is 47.9 Å². The number of rotatable bonds is 7. The molecule has 0 saturated carbocycles. The van der Waals surface area contributed by atoms with E-state index in [1.807, 2.05) is 13.8 Å². The molecular weight excluding hydrogens is 355 g/mol. The maximum Gasteiger partial charge on any atom is 0.261 e. The topological polar surface area (TPSA) is 66.5 Å². The van der Waals surface area contributed by atoms with Crippen LogP contribution in [0, 0.1) is 11.7 Å². The number of anilines is 1. The van der Waals surface area contributed by atoms with Gasteiger partial charge in [0, 0.05) is 19.3 Å². The van der Waals surface area contributed by atoms with Gasteiger partial charge < -0.3 is 4.90 Å². The summed E-state index contributed by atoms with van der Waals surface area (Å²) in [4.78, 5) is 13.8. The molecule has 0 aliphatic heterocycles. The fraction of sp³-hybridized carbons (Fsp3) is 0.316. The standard InChI is InChI=1S/C19H23FN2O3S/c1-14(2)13-22(3)19(23)12-15-4-8-17(9-5-15)21-26(24,25)18-10-6-16(20)7-11-18/h4-11,14,21H,12-13H2,1-3H3. The highest BCUT2D eigenvalue weighted by molar-refractivity contribution is 7.92. The van der Waals surface area contributed by atoms with E-state index < -0.39 is 15.8 Å². The zero-order chi connectivity index (χ0) is 19.3. The third kappa shape index (κ3) is 5.56. The predicted molar refractivity (Wildman–Crippen MR) is 99.8 cm³/mol. The van der Waals surface area contributed by atoms with E-state index in [4.69, 9.17) is 0 Å². The van der Waals surface area contributed by atoms with E-state index in [1.165, 1.54) is 12.1 Å². The van der Waals surface area contributed by atoms with Crippen molar-refractivity contribution in [2.24, 2.45) is 5.92 Å². The van der Waals surface area contributed by atoms with E-state index in [2.05, 4.69) is 4.72 Å². The van der Waals surface area contributed by atoms with E-state index in [1.54, 1.807) is 36.2 Å². The zero-order valence-corrected chi connectivity index (χ0v) is 15.9. The van der Waals surface area contributed by atoms with Crippen LogP contribution in [0.1, 0.15) is 19.4 Å². The van der Waals surface area contributed by atoms with Crippen LogP contribution < -0.4 is 4.72 Å². The Bertz CT molecular complexity index is 847. The number of sulfonamides is 1. The lowest BCUT2D eigenvalue weighted by atomic mass is 10.1. The van der Waals surface area contributed by atoms with Crippen molar-refractivity contribution < 1.29 is 17.6 Å². The quantitative estimate of drug-likeness (QED) is 0.804. The summed E-state index contributed by atoms with van der Waals surface area (Å²) in [5, 5.41) is 0. The summed E-state index contributed by atoms with van der Waals surface area (Å²) in [6.07, 6.45) is 0.258. The average Bonchev–Trinajstić information content (AvgIpc) is 2.56. The summed E-state index contributed by atoms with van der Waals surface area (Å²) in [5.41, 5.74) is 1.18. The van der Waals surface area contributed by atoms with Gasteiger partial charge in [-0.1, -0.05) is 26.0 Å². The van der Waals surface area contributed by atoms with Crippen LogP contribution in [0.5, 0.6) is 0 Å². The summed E-state index contributed by atoms with van der Waals surface area (Å²) in [5.74, 6) is -0.0917. The highest BCUT2D eigenvalue weighted by Crippen LogP contribution is 2.17. The number of benzene rings is 2. The minimum absolute atomic E-state index is 0.0124. The number of nitrogens with zero attached hydrogens (tertiary/aromatic N) is 1. The van der Waals surface area contributed by atoms with Gasteiger partial charge in [0.1, 0.15) is 5.82 Å². The van der Waals surface area contributed by atoms with Crippen LogP contribution in [0.2, 0.25) is 0 Å². The van der Waals surface area contributed by atoms with Crippen molar-refractivity contribution in [1.82, 2.24) is 4.90 Å². The third-order valence-electron chi connectivity index (χ3n) is 3.75. The SMILES string of the molecule is CC(C)CN(C)C(=O)Cc1ccc(NS(=O)(=O)c2ccc(F)cc2)cc1. The number of hydrogen-bond donors (Lipinski definition) is 1. The molecule has 0 fully saturated rings. The molecule has 0 heterocycles. The van der Waals surface area contributed by atoms with Crippen molar-refractivity contribution in [2.75, 3.05) is 18.3 Å². The number of carbonyl (C=O) groups excluding carboxylic acids is 1. The Hall–Kier alpha value is -2.41. The molecule has 2 rings (SSSR count). The number of hydrogen-bond acceptors (Lipinski definition) is 3. The molecule has 26 heavy (non-hydrogen) atoms. The molecule has 1 amide bonds. The maximum absolute atomic E-state index is 12.9. The Kier molecular flexibility index (Phi) is 6.37. The highest BCUT2D eigenvalue weighted by atomic mass is 32.2. The van der Waals surface area contributed by atoms with E-state index in [0.29, 0.717) is 18.2 Å². The Balaban J connectivity index is 2.03.